The first kappa shape index (κ1) is 19.6. The maximum Gasteiger partial charge on any atom is 0.248 e. The number of hydrogen-bond donors (Lipinski definition) is 2. The number of benzene rings is 1. The van der Waals surface area contributed by atoms with Gasteiger partial charge in [-0.05, 0) is 37.1 Å². The van der Waals surface area contributed by atoms with Gasteiger partial charge in [0.15, 0.2) is 0 Å². The highest BCUT2D eigenvalue weighted by Crippen LogP contribution is 2.16. The molecule has 0 aliphatic rings. The lowest BCUT2D eigenvalue weighted by Crippen LogP contribution is -2.40. The molecular formula is C18H22N4O3S. The Kier molecular flexibility index (Phi) is 7.28. The predicted octanol–water partition coefficient (Wildman–Crippen LogP) is 2.66. The molecule has 0 fully saturated rings. The third-order valence-electron chi connectivity index (χ3n) is 3.46. The van der Waals surface area contributed by atoms with Crippen molar-refractivity contribution in [3.05, 3.63) is 40.9 Å². The number of ether oxygens (including phenoxy) is 1. The molecule has 0 aliphatic heterocycles. The van der Waals surface area contributed by atoms with Crippen LogP contribution in [0.5, 0.6) is 5.75 Å². The maximum atomic E-state index is 12.1. The Morgan fingerprint density at radius 2 is 2.00 bits per heavy atom. The first-order chi connectivity index (χ1) is 12.5. The van der Waals surface area contributed by atoms with Crippen molar-refractivity contribution >= 4 is 34.4 Å². The number of aryl methyl sites for hydroxylation is 1. The number of anilines is 1. The van der Waals surface area contributed by atoms with Crippen molar-refractivity contribution in [1.29, 1.82) is 0 Å². The molecule has 1 aromatic heterocycles. The predicted molar refractivity (Wildman–Crippen MR) is 102 cm³/mol. The summed E-state index contributed by atoms with van der Waals surface area (Å²) in [4.78, 5) is 24.1. The second-order valence-corrected chi connectivity index (χ2v) is 6.64. The van der Waals surface area contributed by atoms with Gasteiger partial charge in [0.2, 0.25) is 16.9 Å². The monoisotopic (exact) mass is 374 g/mol. The molecule has 26 heavy (non-hydrogen) atoms. The fourth-order valence-corrected chi connectivity index (χ4v) is 2.89. The molecule has 2 amide bonds. The fraction of sp³-hybridized carbons (Fsp3) is 0.333. The molecule has 1 atom stereocenters. The smallest absolute Gasteiger partial charge is 0.248 e. The van der Waals surface area contributed by atoms with Crippen molar-refractivity contribution in [2.45, 2.75) is 32.7 Å². The average molecular weight is 374 g/mol. The molecule has 0 radical (unpaired) electrons. The Balaban J connectivity index is 1.84. The zero-order valence-electron chi connectivity index (χ0n) is 15.0. The lowest BCUT2D eigenvalue weighted by Gasteiger charge is -2.11. The Hall–Kier alpha value is -2.74. The van der Waals surface area contributed by atoms with Crippen molar-refractivity contribution in [3.8, 4) is 5.75 Å². The first-order valence-electron chi connectivity index (χ1n) is 8.27. The third kappa shape index (κ3) is 5.96. The van der Waals surface area contributed by atoms with Crippen LogP contribution in [-0.2, 0) is 16.0 Å². The number of nitrogens with zero attached hydrogens (tertiary/aromatic N) is 2. The van der Waals surface area contributed by atoms with Gasteiger partial charge < -0.3 is 10.1 Å². The van der Waals surface area contributed by atoms with Gasteiger partial charge in [-0.2, -0.15) is 0 Å². The number of hydrogen-bond acceptors (Lipinski definition) is 6. The zero-order chi connectivity index (χ0) is 18.9. The summed E-state index contributed by atoms with van der Waals surface area (Å²) in [5, 5.41) is 14.5. The van der Waals surface area contributed by atoms with Gasteiger partial charge in [-0.25, -0.2) is 0 Å². The van der Waals surface area contributed by atoms with E-state index in [1.807, 2.05) is 24.3 Å². The molecule has 2 N–H and O–H groups in total. The normalized spacial score (nSPS) is 12.0. The minimum absolute atomic E-state index is 0.338. The van der Waals surface area contributed by atoms with Crippen LogP contribution in [0.15, 0.2) is 30.3 Å². The molecule has 1 aromatic carbocycles. The van der Waals surface area contributed by atoms with Crippen LogP contribution in [-0.4, -0.2) is 35.2 Å². The summed E-state index contributed by atoms with van der Waals surface area (Å²) in [6.45, 7) is 3.67. The highest BCUT2D eigenvalue weighted by atomic mass is 32.1. The molecule has 0 bridgehead atoms. The van der Waals surface area contributed by atoms with E-state index in [0.717, 1.165) is 29.2 Å². The zero-order valence-corrected chi connectivity index (χ0v) is 15.8. The molecular weight excluding hydrogens is 352 g/mol. The number of nitrogens with one attached hydrogen (secondary N) is 2. The van der Waals surface area contributed by atoms with Gasteiger partial charge >= 0.3 is 0 Å². The minimum atomic E-state index is -0.693. The van der Waals surface area contributed by atoms with Crippen LogP contribution < -0.4 is 15.4 Å². The summed E-state index contributed by atoms with van der Waals surface area (Å²) < 4.78 is 5.08. The van der Waals surface area contributed by atoms with E-state index in [1.165, 1.54) is 17.4 Å². The average Bonchev–Trinajstić information content (AvgIpc) is 3.07. The molecule has 1 unspecified atom stereocenters. The number of aromatic nitrogens is 2. The summed E-state index contributed by atoms with van der Waals surface area (Å²) in [5.41, 5.74) is 0.857. The van der Waals surface area contributed by atoms with Gasteiger partial charge in [0.05, 0.1) is 7.11 Å². The van der Waals surface area contributed by atoms with E-state index in [2.05, 4.69) is 27.8 Å². The van der Waals surface area contributed by atoms with Crippen LogP contribution in [0.3, 0.4) is 0 Å². The SMILES string of the molecule is CCCc1nnc(NC(=O)C(C)NC(=O)/C=C/c2ccc(OC)cc2)s1. The number of methoxy groups -OCH3 is 1. The maximum absolute atomic E-state index is 12.1. The van der Waals surface area contributed by atoms with E-state index in [-0.39, 0.29) is 11.8 Å². The van der Waals surface area contributed by atoms with Crippen molar-refractivity contribution in [1.82, 2.24) is 15.5 Å². The van der Waals surface area contributed by atoms with Crippen molar-refractivity contribution in [3.63, 3.8) is 0 Å². The largest absolute Gasteiger partial charge is 0.497 e. The van der Waals surface area contributed by atoms with Gasteiger partial charge in [0, 0.05) is 12.5 Å². The van der Waals surface area contributed by atoms with Crippen molar-refractivity contribution in [2.75, 3.05) is 12.4 Å². The second kappa shape index (κ2) is 9.67. The van der Waals surface area contributed by atoms with Crippen LogP contribution in [0.25, 0.3) is 6.08 Å². The van der Waals surface area contributed by atoms with E-state index >= 15 is 0 Å². The molecule has 0 saturated heterocycles. The van der Waals surface area contributed by atoms with Crippen molar-refractivity contribution < 1.29 is 14.3 Å². The molecule has 2 aromatic rings. The van der Waals surface area contributed by atoms with Crippen molar-refractivity contribution in [2.24, 2.45) is 0 Å². The van der Waals surface area contributed by atoms with Gasteiger partial charge in [0.1, 0.15) is 16.8 Å². The highest BCUT2D eigenvalue weighted by molar-refractivity contribution is 7.15. The summed E-state index contributed by atoms with van der Waals surface area (Å²) in [6, 6.07) is 6.59. The Morgan fingerprint density at radius 3 is 2.65 bits per heavy atom. The number of amides is 2. The number of carbonyl (C=O) groups excluding carboxylic acids is 2. The van der Waals surface area contributed by atoms with Gasteiger partial charge in [-0.15, -0.1) is 10.2 Å². The van der Waals surface area contributed by atoms with E-state index in [9.17, 15) is 9.59 Å². The summed E-state index contributed by atoms with van der Waals surface area (Å²) in [5.74, 6) is 0.0541. The molecule has 138 valence electrons. The summed E-state index contributed by atoms with van der Waals surface area (Å²) >= 11 is 1.34. The summed E-state index contributed by atoms with van der Waals surface area (Å²) in [7, 11) is 1.59. The van der Waals surface area contributed by atoms with Gasteiger partial charge in [0.25, 0.3) is 0 Å². The van der Waals surface area contributed by atoms with Crippen LogP contribution >= 0.6 is 11.3 Å². The fourth-order valence-electron chi connectivity index (χ4n) is 2.05. The number of carbonyl (C=O) groups is 2. The quantitative estimate of drug-likeness (QED) is 0.693. The first-order valence-corrected chi connectivity index (χ1v) is 9.09. The van der Waals surface area contributed by atoms with Gasteiger partial charge in [-0.3, -0.25) is 14.9 Å². The van der Waals surface area contributed by atoms with Crippen LogP contribution in [0.1, 0.15) is 30.8 Å². The lowest BCUT2D eigenvalue weighted by atomic mass is 10.2. The summed E-state index contributed by atoms with van der Waals surface area (Å²) in [6.07, 6.45) is 4.85. The van der Waals surface area contributed by atoms with Crippen LogP contribution in [0.2, 0.25) is 0 Å². The lowest BCUT2D eigenvalue weighted by molar-refractivity contribution is -0.123. The van der Waals surface area contributed by atoms with E-state index in [0.29, 0.717) is 5.13 Å². The van der Waals surface area contributed by atoms with E-state index in [4.69, 9.17) is 4.74 Å². The topological polar surface area (TPSA) is 93.2 Å². The van der Waals surface area contributed by atoms with E-state index in [1.54, 1.807) is 20.1 Å². The molecule has 1 heterocycles. The molecule has 8 heteroatoms. The third-order valence-corrected chi connectivity index (χ3v) is 4.35. The molecule has 0 saturated carbocycles. The minimum Gasteiger partial charge on any atom is -0.497 e. The Labute approximate surface area is 156 Å². The standard InChI is InChI=1S/C18H22N4O3S/c1-4-5-16-21-22-18(26-16)20-17(24)12(2)19-15(23)11-8-13-6-9-14(25-3)10-7-13/h6-12H,4-5H2,1-3H3,(H,19,23)(H,20,22,24)/b11-8+. The number of rotatable bonds is 8. The molecule has 0 aliphatic carbocycles. The highest BCUT2D eigenvalue weighted by Gasteiger charge is 2.16. The van der Waals surface area contributed by atoms with E-state index < -0.39 is 6.04 Å². The van der Waals surface area contributed by atoms with Crippen LogP contribution in [0, 0.1) is 0 Å². The van der Waals surface area contributed by atoms with Gasteiger partial charge in [-0.1, -0.05) is 30.4 Å². The Morgan fingerprint density at radius 1 is 1.27 bits per heavy atom. The molecule has 0 spiro atoms. The van der Waals surface area contributed by atoms with Crippen LogP contribution in [0.4, 0.5) is 5.13 Å². The Bertz CT molecular complexity index is 771. The molecule has 7 nitrogen and oxygen atoms in total. The molecule has 2 rings (SSSR count). The second-order valence-electron chi connectivity index (χ2n) is 5.58.